The van der Waals surface area contributed by atoms with Gasteiger partial charge in [-0.25, -0.2) is 4.79 Å². The fourth-order valence-corrected chi connectivity index (χ4v) is 3.84. The molecule has 1 aliphatic heterocycles. The van der Waals surface area contributed by atoms with Crippen molar-refractivity contribution in [2.24, 2.45) is 11.8 Å². The van der Waals surface area contributed by atoms with E-state index in [-0.39, 0.29) is 23.7 Å². The zero-order chi connectivity index (χ0) is 21.0. The van der Waals surface area contributed by atoms with Crippen LogP contribution in [-0.4, -0.2) is 60.3 Å². The number of amides is 1. The Morgan fingerprint density at radius 3 is 2.54 bits per heavy atom. The average molecular weight is 392 g/mol. The van der Waals surface area contributed by atoms with E-state index in [4.69, 9.17) is 4.74 Å². The quantitative estimate of drug-likeness (QED) is 0.550. The number of H-pyrrole nitrogens is 1. The van der Waals surface area contributed by atoms with Crippen LogP contribution in [0.4, 0.5) is 0 Å². The number of likely N-dealkylation sites (tertiary alicyclic amines) is 1. The van der Waals surface area contributed by atoms with Gasteiger partial charge in [0.05, 0.1) is 24.4 Å². The standard InChI is InChI=1S/C21H33N3O4/c1-12(2)20(26)22-10-16-8-7-9-24(11-16)15(5)19(25)18-13(3)17(14(4)23-18)21(27)28-6/h12,15-16,23H,7-11H2,1-6H3,(H,22,26). The summed E-state index contributed by atoms with van der Waals surface area (Å²) in [6, 6.07) is -0.300. The third-order valence-corrected chi connectivity index (χ3v) is 5.64. The number of aryl methyl sites for hydroxylation is 1. The number of ether oxygens (including phenoxy) is 1. The first-order valence-electron chi connectivity index (χ1n) is 10.0. The number of rotatable bonds is 7. The van der Waals surface area contributed by atoms with Gasteiger partial charge in [-0.1, -0.05) is 13.8 Å². The summed E-state index contributed by atoms with van der Waals surface area (Å²) in [5.74, 6) is -0.0827. The molecule has 7 nitrogen and oxygen atoms in total. The molecule has 1 aromatic heterocycles. The third kappa shape index (κ3) is 4.82. The molecular formula is C21H33N3O4. The number of hydrogen-bond acceptors (Lipinski definition) is 5. The molecule has 0 aliphatic carbocycles. The van der Waals surface area contributed by atoms with Gasteiger partial charge in [-0.05, 0) is 51.6 Å². The minimum absolute atomic E-state index is 0.0247. The van der Waals surface area contributed by atoms with E-state index < -0.39 is 5.97 Å². The summed E-state index contributed by atoms with van der Waals surface area (Å²) in [5, 5.41) is 3.00. The number of ketones is 1. The predicted molar refractivity (Wildman–Crippen MR) is 108 cm³/mol. The van der Waals surface area contributed by atoms with Crippen LogP contribution in [0, 0.1) is 25.7 Å². The molecule has 156 valence electrons. The Labute approximate surface area is 167 Å². The number of Topliss-reactive ketones (excluding diaryl/α,β-unsaturated/α-hetero) is 1. The number of carbonyl (C=O) groups is 3. The van der Waals surface area contributed by atoms with Crippen LogP contribution in [0.3, 0.4) is 0 Å². The van der Waals surface area contributed by atoms with E-state index in [0.717, 1.165) is 25.9 Å². The second-order valence-corrected chi connectivity index (χ2v) is 8.06. The first-order chi connectivity index (χ1) is 13.2. The highest BCUT2D eigenvalue weighted by molar-refractivity contribution is 6.03. The highest BCUT2D eigenvalue weighted by Gasteiger charge is 2.31. The molecule has 7 heteroatoms. The van der Waals surface area contributed by atoms with E-state index in [2.05, 4.69) is 15.2 Å². The Bertz CT molecular complexity index is 738. The number of piperidine rings is 1. The van der Waals surface area contributed by atoms with Gasteiger partial charge in [-0.3, -0.25) is 14.5 Å². The van der Waals surface area contributed by atoms with Crippen LogP contribution >= 0.6 is 0 Å². The fourth-order valence-electron chi connectivity index (χ4n) is 3.84. The molecule has 0 radical (unpaired) electrons. The van der Waals surface area contributed by atoms with E-state index >= 15 is 0 Å². The zero-order valence-corrected chi connectivity index (χ0v) is 17.8. The summed E-state index contributed by atoms with van der Waals surface area (Å²) in [4.78, 5) is 42.2. The highest BCUT2D eigenvalue weighted by atomic mass is 16.5. The first-order valence-corrected chi connectivity index (χ1v) is 10.0. The third-order valence-electron chi connectivity index (χ3n) is 5.64. The molecule has 1 fully saturated rings. The highest BCUT2D eigenvalue weighted by Crippen LogP contribution is 2.24. The van der Waals surface area contributed by atoms with Crippen molar-refractivity contribution < 1.29 is 19.1 Å². The first kappa shape index (κ1) is 22.1. The number of nitrogens with one attached hydrogen (secondary N) is 2. The maximum absolute atomic E-state index is 13.1. The Hall–Kier alpha value is -2.15. The van der Waals surface area contributed by atoms with Gasteiger partial charge in [0.2, 0.25) is 5.91 Å². The molecule has 2 unspecified atom stereocenters. The number of methoxy groups -OCH3 is 1. The summed E-state index contributed by atoms with van der Waals surface area (Å²) < 4.78 is 4.83. The topological polar surface area (TPSA) is 91.5 Å². The molecular weight excluding hydrogens is 358 g/mol. The van der Waals surface area contributed by atoms with Crippen molar-refractivity contribution in [1.29, 1.82) is 0 Å². The van der Waals surface area contributed by atoms with E-state index in [1.54, 1.807) is 13.8 Å². The summed E-state index contributed by atoms with van der Waals surface area (Å²) >= 11 is 0. The number of nitrogens with zero attached hydrogens (tertiary/aromatic N) is 1. The van der Waals surface area contributed by atoms with Crippen molar-refractivity contribution in [1.82, 2.24) is 15.2 Å². The lowest BCUT2D eigenvalue weighted by Crippen LogP contribution is -2.47. The molecule has 2 heterocycles. The van der Waals surface area contributed by atoms with Crippen molar-refractivity contribution in [3.8, 4) is 0 Å². The summed E-state index contributed by atoms with van der Waals surface area (Å²) in [6.45, 7) is 11.5. The largest absolute Gasteiger partial charge is 0.465 e. The Balaban J connectivity index is 2.07. The van der Waals surface area contributed by atoms with Crippen LogP contribution in [0.15, 0.2) is 0 Å². The molecule has 2 rings (SSSR count). The SMILES string of the molecule is COC(=O)c1c(C)[nH]c(C(=O)C(C)N2CCCC(CNC(=O)C(C)C)C2)c1C. The number of aromatic amines is 1. The molecule has 2 atom stereocenters. The monoisotopic (exact) mass is 391 g/mol. The summed E-state index contributed by atoms with van der Waals surface area (Å²) in [5.41, 5.74) is 2.19. The molecule has 0 bridgehead atoms. The lowest BCUT2D eigenvalue weighted by molar-refractivity contribution is -0.124. The maximum atomic E-state index is 13.1. The molecule has 1 aromatic rings. The van der Waals surface area contributed by atoms with Gasteiger partial charge in [0.25, 0.3) is 0 Å². The van der Waals surface area contributed by atoms with Gasteiger partial charge in [0.15, 0.2) is 5.78 Å². The van der Waals surface area contributed by atoms with Crippen molar-refractivity contribution in [3.05, 3.63) is 22.5 Å². The van der Waals surface area contributed by atoms with Crippen molar-refractivity contribution >= 4 is 17.7 Å². The minimum atomic E-state index is -0.433. The molecule has 28 heavy (non-hydrogen) atoms. The van der Waals surface area contributed by atoms with Crippen LogP contribution in [0.1, 0.15) is 65.7 Å². The number of aromatic nitrogens is 1. The van der Waals surface area contributed by atoms with Gasteiger partial charge >= 0.3 is 5.97 Å². The van der Waals surface area contributed by atoms with Crippen LogP contribution in [0.25, 0.3) is 0 Å². The van der Waals surface area contributed by atoms with Crippen molar-refractivity contribution in [2.45, 2.75) is 53.5 Å². The lowest BCUT2D eigenvalue weighted by atomic mass is 9.95. The van der Waals surface area contributed by atoms with Gasteiger partial charge < -0.3 is 15.0 Å². The molecule has 0 aromatic carbocycles. The summed E-state index contributed by atoms with van der Waals surface area (Å²) in [7, 11) is 1.34. The summed E-state index contributed by atoms with van der Waals surface area (Å²) in [6.07, 6.45) is 2.04. The van der Waals surface area contributed by atoms with Gasteiger partial charge in [-0.2, -0.15) is 0 Å². The zero-order valence-electron chi connectivity index (χ0n) is 17.8. The molecule has 1 saturated heterocycles. The van der Waals surface area contributed by atoms with E-state index in [1.165, 1.54) is 7.11 Å². The Kier molecular flexibility index (Phi) is 7.41. The van der Waals surface area contributed by atoms with E-state index in [1.807, 2.05) is 20.8 Å². The average Bonchev–Trinajstić information content (AvgIpc) is 2.98. The van der Waals surface area contributed by atoms with E-state index in [9.17, 15) is 14.4 Å². The van der Waals surface area contributed by atoms with Crippen molar-refractivity contribution in [2.75, 3.05) is 26.7 Å². The maximum Gasteiger partial charge on any atom is 0.339 e. The number of carbonyl (C=O) groups excluding carboxylic acids is 3. The molecule has 0 saturated carbocycles. The van der Waals surface area contributed by atoms with Crippen molar-refractivity contribution in [3.63, 3.8) is 0 Å². The van der Waals surface area contributed by atoms with Crippen LogP contribution < -0.4 is 5.32 Å². The minimum Gasteiger partial charge on any atom is -0.465 e. The van der Waals surface area contributed by atoms with Crippen LogP contribution in [0.5, 0.6) is 0 Å². The van der Waals surface area contributed by atoms with Crippen LogP contribution in [-0.2, 0) is 9.53 Å². The molecule has 2 N–H and O–H groups in total. The Morgan fingerprint density at radius 2 is 1.93 bits per heavy atom. The molecule has 0 spiro atoms. The molecule has 1 aliphatic rings. The molecule has 1 amide bonds. The number of esters is 1. The predicted octanol–water partition coefficient (Wildman–Crippen LogP) is 2.47. The normalized spacial score (nSPS) is 18.8. The second-order valence-electron chi connectivity index (χ2n) is 8.06. The lowest BCUT2D eigenvalue weighted by Gasteiger charge is -2.36. The number of hydrogen-bond donors (Lipinski definition) is 2. The van der Waals surface area contributed by atoms with Gasteiger partial charge in [-0.15, -0.1) is 0 Å². The Morgan fingerprint density at radius 1 is 1.25 bits per heavy atom. The van der Waals surface area contributed by atoms with Gasteiger partial charge in [0.1, 0.15) is 0 Å². The van der Waals surface area contributed by atoms with Gasteiger partial charge in [0, 0.05) is 24.7 Å². The fraction of sp³-hybridized carbons (Fsp3) is 0.667. The van der Waals surface area contributed by atoms with Crippen LogP contribution in [0.2, 0.25) is 0 Å². The smallest absolute Gasteiger partial charge is 0.339 e. The van der Waals surface area contributed by atoms with E-state index in [0.29, 0.717) is 35.0 Å². The second kappa shape index (κ2) is 9.37.